The molecule has 128 valence electrons. The average molecular weight is 354 g/mol. The standard InChI is InChI=1S/C20H20ClN3O/c1-14(2)16-5-9-19(10-6-16)24-20(25)17(11-22)13-23-12-15-3-7-18(21)8-4-15/h3-10,13-14,23H,12H2,1-2H3,(H,24,25)/b17-13-. The van der Waals surface area contributed by atoms with Gasteiger partial charge < -0.3 is 10.6 Å². The molecule has 0 saturated heterocycles. The van der Waals surface area contributed by atoms with Gasteiger partial charge in [-0.25, -0.2) is 0 Å². The van der Waals surface area contributed by atoms with E-state index in [2.05, 4.69) is 24.5 Å². The fourth-order valence-corrected chi connectivity index (χ4v) is 2.30. The van der Waals surface area contributed by atoms with E-state index < -0.39 is 5.91 Å². The van der Waals surface area contributed by atoms with Gasteiger partial charge in [0.15, 0.2) is 0 Å². The molecule has 5 heteroatoms. The monoisotopic (exact) mass is 353 g/mol. The third-order valence-electron chi connectivity index (χ3n) is 3.67. The number of nitrogens with zero attached hydrogens (tertiary/aromatic N) is 1. The van der Waals surface area contributed by atoms with E-state index >= 15 is 0 Å². The second kappa shape index (κ2) is 8.91. The maximum Gasteiger partial charge on any atom is 0.267 e. The van der Waals surface area contributed by atoms with Crippen LogP contribution in [0.15, 0.2) is 60.3 Å². The first-order valence-corrected chi connectivity index (χ1v) is 8.37. The maximum absolute atomic E-state index is 12.2. The van der Waals surface area contributed by atoms with Crippen LogP contribution in [-0.2, 0) is 11.3 Å². The third-order valence-corrected chi connectivity index (χ3v) is 3.92. The average Bonchev–Trinajstić information content (AvgIpc) is 2.60. The van der Waals surface area contributed by atoms with Gasteiger partial charge in [0, 0.05) is 23.5 Å². The summed E-state index contributed by atoms with van der Waals surface area (Å²) >= 11 is 5.84. The van der Waals surface area contributed by atoms with Gasteiger partial charge in [0.2, 0.25) is 0 Å². The molecule has 0 saturated carbocycles. The fraction of sp³-hybridized carbons (Fsp3) is 0.200. The Labute approximate surface area is 153 Å². The molecular formula is C20H20ClN3O. The lowest BCUT2D eigenvalue weighted by Gasteiger charge is -2.08. The summed E-state index contributed by atoms with van der Waals surface area (Å²) in [6, 6.07) is 16.9. The van der Waals surface area contributed by atoms with Crippen molar-refractivity contribution in [2.45, 2.75) is 26.3 Å². The molecule has 2 N–H and O–H groups in total. The number of nitriles is 1. The van der Waals surface area contributed by atoms with Gasteiger partial charge in [-0.1, -0.05) is 49.7 Å². The summed E-state index contributed by atoms with van der Waals surface area (Å²) in [6.45, 7) is 4.71. The minimum atomic E-state index is -0.441. The summed E-state index contributed by atoms with van der Waals surface area (Å²) in [5.41, 5.74) is 2.87. The van der Waals surface area contributed by atoms with E-state index in [1.807, 2.05) is 42.5 Å². The summed E-state index contributed by atoms with van der Waals surface area (Å²) in [4.78, 5) is 12.2. The molecule has 0 spiro atoms. The lowest BCUT2D eigenvalue weighted by Crippen LogP contribution is -2.16. The van der Waals surface area contributed by atoms with Gasteiger partial charge in [-0.2, -0.15) is 5.26 Å². The van der Waals surface area contributed by atoms with Crippen molar-refractivity contribution in [3.05, 3.63) is 76.5 Å². The Morgan fingerprint density at radius 3 is 2.36 bits per heavy atom. The number of hydrogen-bond acceptors (Lipinski definition) is 3. The van der Waals surface area contributed by atoms with E-state index in [4.69, 9.17) is 11.6 Å². The van der Waals surface area contributed by atoms with Crippen LogP contribution >= 0.6 is 11.6 Å². The number of hydrogen-bond donors (Lipinski definition) is 2. The van der Waals surface area contributed by atoms with Crippen molar-refractivity contribution < 1.29 is 4.79 Å². The molecular weight excluding hydrogens is 334 g/mol. The lowest BCUT2D eigenvalue weighted by atomic mass is 10.0. The van der Waals surface area contributed by atoms with Crippen LogP contribution in [0.4, 0.5) is 5.69 Å². The highest BCUT2D eigenvalue weighted by molar-refractivity contribution is 6.30. The number of carbonyl (C=O) groups is 1. The molecule has 2 rings (SSSR count). The van der Waals surface area contributed by atoms with Crippen molar-refractivity contribution in [1.82, 2.24) is 5.32 Å². The highest BCUT2D eigenvalue weighted by Crippen LogP contribution is 2.17. The SMILES string of the molecule is CC(C)c1ccc(NC(=O)/C(C#N)=C\NCc2ccc(Cl)cc2)cc1. The molecule has 25 heavy (non-hydrogen) atoms. The first-order valence-electron chi connectivity index (χ1n) is 7.99. The van der Waals surface area contributed by atoms with Gasteiger partial charge in [0.05, 0.1) is 0 Å². The summed E-state index contributed by atoms with van der Waals surface area (Å²) in [7, 11) is 0. The Morgan fingerprint density at radius 2 is 1.80 bits per heavy atom. The van der Waals surface area contributed by atoms with Gasteiger partial charge in [0.1, 0.15) is 11.6 Å². The van der Waals surface area contributed by atoms with Crippen LogP contribution in [0.2, 0.25) is 5.02 Å². The number of benzene rings is 2. The predicted molar refractivity (Wildman–Crippen MR) is 101 cm³/mol. The molecule has 0 aliphatic rings. The fourth-order valence-electron chi connectivity index (χ4n) is 2.17. The number of anilines is 1. The molecule has 0 heterocycles. The van der Waals surface area contributed by atoms with E-state index in [1.54, 1.807) is 12.1 Å². The van der Waals surface area contributed by atoms with Gasteiger partial charge in [-0.3, -0.25) is 4.79 Å². The second-order valence-corrected chi connectivity index (χ2v) is 6.34. The van der Waals surface area contributed by atoms with Gasteiger partial charge in [-0.15, -0.1) is 0 Å². The molecule has 0 atom stereocenters. The molecule has 0 unspecified atom stereocenters. The molecule has 4 nitrogen and oxygen atoms in total. The van der Waals surface area contributed by atoms with E-state index in [-0.39, 0.29) is 5.57 Å². The largest absolute Gasteiger partial charge is 0.386 e. The summed E-state index contributed by atoms with van der Waals surface area (Å²) < 4.78 is 0. The number of nitrogens with one attached hydrogen (secondary N) is 2. The van der Waals surface area contributed by atoms with E-state index in [9.17, 15) is 10.1 Å². The molecule has 0 radical (unpaired) electrons. The predicted octanol–water partition coefficient (Wildman–Crippen LogP) is 4.60. The van der Waals surface area contributed by atoms with Crippen LogP contribution in [0, 0.1) is 11.3 Å². The van der Waals surface area contributed by atoms with Crippen LogP contribution in [0.25, 0.3) is 0 Å². The first kappa shape index (κ1) is 18.6. The van der Waals surface area contributed by atoms with Crippen molar-refractivity contribution in [1.29, 1.82) is 5.26 Å². The van der Waals surface area contributed by atoms with Crippen LogP contribution in [-0.4, -0.2) is 5.91 Å². The summed E-state index contributed by atoms with van der Waals surface area (Å²) in [5, 5.41) is 15.6. The lowest BCUT2D eigenvalue weighted by molar-refractivity contribution is -0.112. The summed E-state index contributed by atoms with van der Waals surface area (Å²) in [6.07, 6.45) is 1.42. The van der Waals surface area contributed by atoms with Crippen molar-refractivity contribution in [2.75, 3.05) is 5.32 Å². The highest BCUT2D eigenvalue weighted by Gasteiger charge is 2.09. The van der Waals surface area contributed by atoms with E-state index in [0.717, 1.165) is 5.56 Å². The first-order chi connectivity index (χ1) is 12.0. The van der Waals surface area contributed by atoms with Gasteiger partial charge in [0.25, 0.3) is 5.91 Å². The number of amides is 1. The van der Waals surface area contributed by atoms with Crippen molar-refractivity contribution in [2.24, 2.45) is 0 Å². The topological polar surface area (TPSA) is 64.9 Å². The molecule has 0 aliphatic carbocycles. The van der Waals surface area contributed by atoms with Crippen LogP contribution in [0.1, 0.15) is 30.9 Å². The van der Waals surface area contributed by atoms with Crippen LogP contribution in [0.5, 0.6) is 0 Å². The van der Waals surface area contributed by atoms with E-state index in [1.165, 1.54) is 11.8 Å². The maximum atomic E-state index is 12.2. The smallest absolute Gasteiger partial charge is 0.267 e. The molecule has 0 aliphatic heterocycles. The van der Waals surface area contributed by atoms with Crippen LogP contribution < -0.4 is 10.6 Å². The Balaban J connectivity index is 1.95. The Kier molecular flexibility index (Phi) is 6.62. The number of carbonyl (C=O) groups excluding carboxylic acids is 1. The normalized spacial score (nSPS) is 11.1. The second-order valence-electron chi connectivity index (χ2n) is 5.91. The van der Waals surface area contributed by atoms with Crippen molar-refractivity contribution >= 4 is 23.2 Å². The van der Waals surface area contributed by atoms with E-state index in [0.29, 0.717) is 23.2 Å². The Morgan fingerprint density at radius 1 is 1.16 bits per heavy atom. The van der Waals surface area contributed by atoms with Crippen molar-refractivity contribution in [3.63, 3.8) is 0 Å². The van der Waals surface area contributed by atoms with Gasteiger partial charge in [-0.05, 0) is 41.3 Å². The van der Waals surface area contributed by atoms with Crippen molar-refractivity contribution in [3.8, 4) is 6.07 Å². The quantitative estimate of drug-likeness (QED) is 0.589. The molecule has 0 fully saturated rings. The highest BCUT2D eigenvalue weighted by atomic mass is 35.5. The van der Waals surface area contributed by atoms with Crippen LogP contribution in [0.3, 0.4) is 0 Å². The Bertz CT molecular complexity index is 787. The zero-order valence-electron chi connectivity index (χ0n) is 14.2. The van der Waals surface area contributed by atoms with Gasteiger partial charge >= 0.3 is 0 Å². The molecule has 2 aromatic rings. The zero-order chi connectivity index (χ0) is 18.2. The minimum Gasteiger partial charge on any atom is -0.386 e. The molecule has 2 aromatic carbocycles. The number of halogens is 1. The zero-order valence-corrected chi connectivity index (χ0v) is 15.0. The summed E-state index contributed by atoms with van der Waals surface area (Å²) in [5.74, 6) is -0.0141. The molecule has 1 amide bonds. The molecule has 0 aromatic heterocycles. The molecule has 0 bridgehead atoms. The third kappa shape index (κ3) is 5.66. The number of rotatable bonds is 6. The Hall–Kier alpha value is -2.77. The minimum absolute atomic E-state index is 0.0156.